The first-order valence-electron chi connectivity index (χ1n) is 10.6. The number of anilines is 1. The third-order valence-electron chi connectivity index (χ3n) is 5.68. The van der Waals surface area contributed by atoms with Crippen LogP contribution < -0.4 is 4.90 Å². The molecule has 4 rings (SSSR count). The molecule has 0 N–H and O–H groups in total. The number of nitrogens with zero attached hydrogens (tertiary/aromatic N) is 4. The van der Waals surface area contributed by atoms with Crippen molar-refractivity contribution in [1.29, 1.82) is 5.26 Å². The number of rotatable bonds is 6. The van der Waals surface area contributed by atoms with Gasteiger partial charge in [0.05, 0.1) is 4.90 Å². The molecule has 0 unspecified atom stereocenters. The van der Waals surface area contributed by atoms with E-state index in [1.807, 2.05) is 42.3 Å². The summed E-state index contributed by atoms with van der Waals surface area (Å²) in [6, 6.07) is 18.5. The van der Waals surface area contributed by atoms with Crippen LogP contribution in [0.4, 0.5) is 5.88 Å². The number of aromatic nitrogens is 1. The standard InChI is InChI=1S/C24H26N4O3S/c1-18-7-6-14-28(16-18)32(29,30)21-12-10-20(11-13-21)23-26-22(15-25)24(31-23)27(2)17-19-8-4-3-5-9-19/h3-5,8-13,18H,6-7,14,16-17H2,1-2H3/t18-/m1/s1. The van der Waals surface area contributed by atoms with Crippen LogP contribution in [0.5, 0.6) is 0 Å². The molecule has 2 heterocycles. The van der Waals surface area contributed by atoms with Crippen molar-refractivity contribution in [1.82, 2.24) is 9.29 Å². The van der Waals surface area contributed by atoms with Gasteiger partial charge in [0.15, 0.2) is 0 Å². The Morgan fingerprint density at radius 1 is 1.19 bits per heavy atom. The van der Waals surface area contributed by atoms with E-state index in [1.165, 1.54) is 0 Å². The molecule has 8 heteroatoms. The van der Waals surface area contributed by atoms with E-state index in [9.17, 15) is 13.7 Å². The normalized spacial score (nSPS) is 17.1. The molecule has 2 aromatic carbocycles. The first kappa shape index (κ1) is 22.1. The summed E-state index contributed by atoms with van der Waals surface area (Å²) >= 11 is 0. The van der Waals surface area contributed by atoms with Gasteiger partial charge in [-0.05, 0) is 48.6 Å². The highest BCUT2D eigenvalue weighted by Crippen LogP contribution is 2.30. The summed E-state index contributed by atoms with van der Waals surface area (Å²) < 4.78 is 33.4. The number of hydrogen-bond acceptors (Lipinski definition) is 6. The second-order valence-corrected chi connectivity index (χ2v) is 10.2. The molecule has 0 amide bonds. The Labute approximate surface area is 189 Å². The third kappa shape index (κ3) is 4.54. The fraction of sp³-hybridized carbons (Fsp3) is 0.333. The number of nitriles is 1. The number of benzene rings is 2. The van der Waals surface area contributed by atoms with Crippen molar-refractivity contribution in [2.75, 3.05) is 25.0 Å². The summed E-state index contributed by atoms with van der Waals surface area (Å²) in [5.41, 5.74) is 1.89. The molecule has 1 saturated heterocycles. The molecule has 1 aliphatic rings. The van der Waals surface area contributed by atoms with Gasteiger partial charge in [-0.1, -0.05) is 37.3 Å². The van der Waals surface area contributed by atoms with Crippen LogP contribution in [0.15, 0.2) is 63.9 Å². The molecule has 0 bridgehead atoms. The molecule has 0 saturated carbocycles. The van der Waals surface area contributed by atoms with E-state index in [2.05, 4.69) is 18.0 Å². The smallest absolute Gasteiger partial charge is 0.243 e. The summed E-state index contributed by atoms with van der Waals surface area (Å²) in [5.74, 6) is 1.03. The number of piperidine rings is 1. The molecular formula is C24H26N4O3S. The summed E-state index contributed by atoms with van der Waals surface area (Å²) in [5, 5.41) is 9.53. The Morgan fingerprint density at radius 3 is 2.56 bits per heavy atom. The zero-order valence-electron chi connectivity index (χ0n) is 18.2. The van der Waals surface area contributed by atoms with Crippen molar-refractivity contribution in [3.8, 4) is 17.5 Å². The van der Waals surface area contributed by atoms with Crippen molar-refractivity contribution >= 4 is 15.9 Å². The minimum atomic E-state index is -3.53. The van der Waals surface area contributed by atoms with Crippen molar-refractivity contribution < 1.29 is 12.8 Å². The molecule has 7 nitrogen and oxygen atoms in total. The molecule has 32 heavy (non-hydrogen) atoms. The second kappa shape index (κ2) is 9.15. The molecule has 1 aliphatic heterocycles. The van der Waals surface area contributed by atoms with Gasteiger partial charge in [-0.3, -0.25) is 0 Å². The predicted molar refractivity (Wildman–Crippen MR) is 122 cm³/mol. The van der Waals surface area contributed by atoms with E-state index in [1.54, 1.807) is 28.6 Å². The lowest BCUT2D eigenvalue weighted by molar-refractivity contribution is 0.281. The lowest BCUT2D eigenvalue weighted by Gasteiger charge is -2.30. The van der Waals surface area contributed by atoms with Gasteiger partial charge in [-0.2, -0.15) is 14.6 Å². The Hall–Kier alpha value is -3.15. The first-order chi connectivity index (χ1) is 15.4. The monoisotopic (exact) mass is 450 g/mol. The minimum Gasteiger partial charge on any atom is -0.419 e. The number of hydrogen-bond donors (Lipinski definition) is 0. The molecule has 0 spiro atoms. The fourth-order valence-electron chi connectivity index (χ4n) is 3.98. The van der Waals surface area contributed by atoms with Crippen LogP contribution in [0.25, 0.3) is 11.5 Å². The zero-order valence-corrected chi connectivity index (χ0v) is 19.0. The maximum Gasteiger partial charge on any atom is 0.243 e. The molecule has 3 aromatic rings. The highest BCUT2D eigenvalue weighted by molar-refractivity contribution is 7.89. The Kier molecular flexibility index (Phi) is 6.31. The molecular weight excluding hydrogens is 424 g/mol. The molecule has 1 fully saturated rings. The molecule has 0 aliphatic carbocycles. The first-order valence-corrected chi connectivity index (χ1v) is 12.1. The van der Waals surface area contributed by atoms with E-state index in [4.69, 9.17) is 4.42 Å². The highest BCUT2D eigenvalue weighted by atomic mass is 32.2. The van der Waals surface area contributed by atoms with Crippen LogP contribution in [0.1, 0.15) is 31.0 Å². The van der Waals surface area contributed by atoms with Gasteiger partial charge in [-0.25, -0.2) is 8.42 Å². The molecule has 166 valence electrons. The molecule has 0 radical (unpaired) electrons. The van der Waals surface area contributed by atoms with E-state index < -0.39 is 10.0 Å². The second-order valence-electron chi connectivity index (χ2n) is 8.26. The van der Waals surface area contributed by atoms with Gasteiger partial charge in [0.1, 0.15) is 6.07 Å². The van der Waals surface area contributed by atoms with Crippen molar-refractivity contribution in [2.45, 2.75) is 31.2 Å². The van der Waals surface area contributed by atoms with Crippen LogP contribution in [0, 0.1) is 17.2 Å². The van der Waals surface area contributed by atoms with E-state index in [0.717, 1.165) is 18.4 Å². The quantitative estimate of drug-likeness (QED) is 0.557. The maximum absolute atomic E-state index is 13.0. The topological polar surface area (TPSA) is 90.4 Å². The number of oxazole rings is 1. The van der Waals surface area contributed by atoms with Gasteiger partial charge < -0.3 is 9.32 Å². The average molecular weight is 451 g/mol. The van der Waals surface area contributed by atoms with Gasteiger partial charge in [0.2, 0.25) is 27.5 Å². The fourth-order valence-corrected chi connectivity index (χ4v) is 5.58. The van der Waals surface area contributed by atoms with Crippen LogP contribution in [-0.4, -0.2) is 37.8 Å². The minimum absolute atomic E-state index is 0.192. The number of sulfonamides is 1. The Bertz CT molecular complexity index is 1210. The summed E-state index contributed by atoms with van der Waals surface area (Å²) in [4.78, 5) is 6.41. The third-order valence-corrected chi connectivity index (χ3v) is 7.56. The molecule has 1 aromatic heterocycles. The van der Waals surface area contributed by atoms with E-state index in [-0.39, 0.29) is 16.5 Å². The lowest BCUT2D eigenvalue weighted by Crippen LogP contribution is -2.39. The van der Waals surface area contributed by atoms with Crippen LogP contribution in [-0.2, 0) is 16.6 Å². The van der Waals surface area contributed by atoms with Crippen LogP contribution >= 0.6 is 0 Å². The largest absolute Gasteiger partial charge is 0.419 e. The van der Waals surface area contributed by atoms with Crippen molar-refractivity contribution in [2.24, 2.45) is 5.92 Å². The summed E-state index contributed by atoms with van der Waals surface area (Å²) in [7, 11) is -1.69. The van der Waals surface area contributed by atoms with Gasteiger partial charge >= 0.3 is 0 Å². The van der Waals surface area contributed by atoms with Crippen molar-refractivity contribution in [3.63, 3.8) is 0 Å². The Balaban J connectivity index is 1.56. The Morgan fingerprint density at radius 2 is 1.91 bits per heavy atom. The van der Waals surface area contributed by atoms with Gasteiger partial charge in [0, 0.05) is 32.2 Å². The highest BCUT2D eigenvalue weighted by Gasteiger charge is 2.28. The molecule has 1 atom stereocenters. The van der Waals surface area contributed by atoms with Gasteiger partial charge in [-0.15, -0.1) is 0 Å². The van der Waals surface area contributed by atoms with E-state index in [0.29, 0.717) is 37.0 Å². The zero-order chi connectivity index (χ0) is 22.7. The SMILES string of the molecule is C[C@@H]1CCCN(S(=O)(=O)c2ccc(-c3nc(C#N)c(N(C)Cc4ccccc4)o3)cc2)C1. The van der Waals surface area contributed by atoms with Gasteiger partial charge in [0.25, 0.3) is 0 Å². The van der Waals surface area contributed by atoms with Crippen molar-refractivity contribution in [3.05, 3.63) is 65.9 Å². The summed E-state index contributed by atoms with van der Waals surface area (Å²) in [6.07, 6.45) is 1.93. The van der Waals surface area contributed by atoms with Crippen LogP contribution in [0.3, 0.4) is 0 Å². The average Bonchev–Trinajstić information content (AvgIpc) is 3.25. The van der Waals surface area contributed by atoms with Crippen LogP contribution in [0.2, 0.25) is 0 Å². The summed E-state index contributed by atoms with van der Waals surface area (Å²) in [6.45, 7) is 3.74. The maximum atomic E-state index is 13.0. The predicted octanol–water partition coefficient (Wildman–Crippen LogP) is 4.27. The lowest BCUT2D eigenvalue weighted by atomic mass is 10.0. The van der Waals surface area contributed by atoms with E-state index >= 15 is 0 Å².